The number of carbonyl (C=O) groups is 1. The van der Waals surface area contributed by atoms with Gasteiger partial charge in [-0.2, -0.15) is 13.2 Å². The molecule has 0 aliphatic carbocycles. The van der Waals surface area contributed by atoms with Crippen molar-refractivity contribution in [3.05, 3.63) is 36.0 Å². The quantitative estimate of drug-likeness (QED) is 0.708. The smallest absolute Gasteiger partial charge is 0.370 e. The first-order chi connectivity index (χ1) is 14.2. The van der Waals surface area contributed by atoms with Gasteiger partial charge in [-0.1, -0.05) is 6.92 Å². The number of pyridine rings is 1. The van der Waals surface area contributed by atoms with Crippen LogP contribution in [0.1, 0.15) is 31.7 Å². The molecule has 1 aromatic heterocycles. The SMILES string of the molecule is C[C@H]1C[C@@H](CC(=O)CC2CN(C)C2)CN(c2ccc(C(F)(F)F)c3ncccc23)C1. The molecule has 162 valence electrons. The van der Waals surface area contributed by atoms with Gasteiger partial charge in [-0.3, -0.25) is 9.78 Å². The van der Waals surface area contributed by atoms with Gasteiger partial charge < -0.3 is 9.80 Å². The van der Waals surface area contributed by atoms with Gasteiger partial charge >= 0.3 is 6.18 Å². The van der Waals surface area contributed by atoms with E-state index < -0.39 is 11.7 Å². The maximum Gasteiger partial charge on any atom is 0.418 e. The Balaban J connectivity index is 1.53. The fraction of sp³-hybridized carbons (Fsp3) is 0.565. The second kappa shape index (κ2) is 8.17. The molecule has 2 aliphatic rings. The monoisotopic (exact) mass is 419 g/mol. The highest BCUT2D eigenvalue weighted by Crippen LogP contribution is 2.39. The predicted octanol–water partition coefficient (Wildman–Crippen LogP) is 4.63. The lowest BCUT2D eigenvalue weighted by molar-refractivity contribution is -0.136. The number of fused-ring (bicyclic) bond motifs is 1. The maximum absolute atomic E-state index is 13.4. The zero-order valence-corrected chi connectivity index (χ0v) is 17.5. The first kappa shape index (κ1) is 21.1. The number of aromatic nitrogens is 1. The van der Waals surface area contributed by atoms with Gasteiger partial charge in [0.2, 0.25) is 0 Å². The number of Topliss-reactive ketones (excluding diaryl/α,β-unsaturated/α-hetero) is 1. The van der Waals surface area contributed by atoms with E-state index in [1.54, 1.807) is 18.2 Å². The number of hydrogen-bond donors (Lipinski definition) is 0. The number of piperidine rings is 1. The van der Waals surface area contributed by atoms with Crippen molar-refractivity contribution in [1.29, 1.82) is 0 Å². The van der Waals surface area contributed by atoms with Crippen LogP contribution >= 0.6 is 0 Å². The summed E-state index contributed by atoms with van der Waals surface area (Å²) in [6.07, 6.45) is -0.867. The lowest BCUT2D eigenvalue weighted by Gasteiger charge is -2.39. The van der Waals surface area contributed by atoms with Gasteiger partial charge in [0, 0.05) is 56.3 Å². The molecular weight excluding hydrogens is 391 g/mol. The Morgan fingerprint density at radius 3 is 2.53 bits per heavy atom. The third kappa shape index (κ3) is 4.46. The van der Waals surface area contributed by atoms with E-state index in [1.165, 1.54) is 6.20 Å². The van der Waals surface area contributed by atoms with Crippen molar-refractivity contribution in [2.45, 2.75) is 32.4 Å². The summed E-state index contributed by atoms with van der Waals surface area (Å²) in [4.78, 5) is 21.0. The number of anilines is 1. The summed E-state index contributed by atoms with van der Waals surface area (Å²) in [5.74, 6) is 1.39. The zero-order valence-electron chi connectivity index (χ0n) is 17.5. The molecule has 0 spiro atoms. The fourth-order valence-electron chi connectivity index (χ4n) is 5.17. The average molecular weight is 419 g/mol. The summed E-state index contributed by atoms with van der Waals surface area (Å²) in [5.41, 5.74) is 0.0577. The van der Waals surface area contributed by atoms with E-state index in [2.05, 4.69) is 28.8 Å². The number of rotatable bonds is 5. The van der Waals surface area contributed by atoms with Crippen LogP contribution in [-0.4, -0.2) is 48.9 Å². The van der Waals surface area contributed by atoms with E-state index in [-0.39, 0.29) is 11.4 Å². The van der Waals surface area contributed by atoms with E-state index >= 15 is 0 Å². The summed E-state index contributed by atoms with van der Waals surface area (Å²) in [7, 11) is 2.06. The molecule has 0 bridgehead atoms. The Morgan fingerprint density at radius 1 is 1.10 bits per heavy atom. The third-order valence-corrected chi connectivity index (χ3v) is 6.31. The van der Waals surface area contributed by atoms with Gasteiger partial charge in [0.25, 0.3) is 0 Å². The second-order valence-corrected chi connectivity index (χ2v) is 9.18. The number of halogens is 3. The summed E-state index contributed by atoms with van der Waals surface area (Å²) >= 11 is 0. The number of benzene rings is 1. The minimum atomic E-state index is -4.44. The molecule has 0 amide bonds. The average Bonchev–Trinajstić information content (AvgIpc) is 2.64. The molecule has 4 nitrogen and oxygen atoms in total. The topological polar surface area (TPSA) is 36.4 Å². The number of carbonyl (C=O) groups excluding carboxylic acids is 1. The Bertz CT molecular complexity index is 924. The van der Waals surface area contributed by atoms with Crippen LogP contribution in [0.5, 0.6) is 0 Å². The lowest BCUT2D eigenvalue weighted by atomic mass is 9.84. The molecule has 2 atom stereocenters. The molecule has 0 N–H and O–H groups in total. The van der Waals surface area contributed by atoms with Gasteiger partial charge in [0.15, 0.2) is 0 Å². The second-order valence-electron chi connectivity index (χ2n) is 9.18. The van der Waals surface area contributed by atoms with Gasteiger partial charge in [-0.05, 0) is 55.5 Å². The van der Waals surface area contributed by atoms with Crippen molar-refractivity contribution in [3.8, 4) is 0 Å². The summed E-state index contributed by atoms with van der Waals surface area (Å²) in [6, 6.07) is 6.08. The molecule has 2 saturated heterocycles. The highest BCUT2D eigenvalue weighted by atomic mass is 19.4. The van der Waals surface area contributed by atoms with Crippen LogP contribution in [0.25, 0.3) is 10.9 Å². The molecule has 0 unspecified atom stereocenters. The van der Waals surface area contributed by atoms with Crippen LogP contribution < -0.4 is 4.90 Å². The molecule has 4 rings (SSSR count). The minimum absolute atomic E-state index is 0.0116. The normalized spacial score (nSPS) is 23.6. The van der Waals surface area contributed by atoms with Crippen LogP contribution in [0.4, 0.5) is 18.9 Å². The third-order valence-electron chi connectivity index (χ3n) is 6.31. The molecule has 2 fully saturated rings. The lowest BCUT2D eigenvalue weighted by Crippen LogP contribution is -2.45. The fourth-order valence-corrected chi connectivity index (χ4v) is 5.17. The van der Waals surface area contributed by atoms with Crippen LogP contribution in [0.15, 0.2) is 30.5 Å². The summed E-state index contributed by atoms with van der Waals surface area (Å²) in [5, 5.41) is 0.518. The van der Waals surface area contributed by atoms with E-state index in [0.717, 1.165) is 37.8 Å². The zero-order chi connectivity index (χ0) is 21.5. The molecule has 2 aromatic rings. The van der Waals surface area contributed by atoms with Crippen molar-refractivity contribution >= 4 is 22.4 Å². The summed E-state index contributed by atoms with van der Waals surface area (Å²) < 4.78 is 40.3. The van der Waals surface area contributed by atoms with Crippen LogP contribution in [0.2, 0.25) is 0 Å². The Hall–Kier alpha value is -2.15. The predicted molar refractivity (Wildman–Crippen MR) is 111 cm³/mol. The molecule has 30 heavy (non-hydrogen) atoms. The minimum Gasteiger partial charge on any atom is -0.370 e. The largest absolute Gasteiger partial charge is 0.418 e. The molecule has 2 aliphatic heterocycles. The number of hydrogen-bond acceptors (Lipinski definition) is 4. The Kier molecular flexibility index (Phi) is 5.75. The van der Waals surface area contributed by atoms with E-state index in [0.29, 0.717) is 42.4 Å². The van der Waals surface area contributed by atoms with Crippen molar-refractivity contribution in [1.82, 2.24) is 9.88 Å². The van der Waals surface area contributed by atoms with Gasteiger partial charge in [0.1, 0.15) is 5.78 Å². The molecule has 1 aromatic carbocycles. The van der Waals surface area contributed by atoms with Crippen LogP contribution in [0.3, 0.4) is 0 Å². The van der Waals surface area contributed by atoms with E-state index in [1.807, 2.05) is 0 Å². The summed E-state index contributed by atoms with van der Waals surface area (Å²) in [6.45, 7) is 5.59. The number of alkyl halides is 3. The Morgan fingerprint density at radius 2 is 1.83 bits per heavy atom. The standard InChI is InChI=1S/C23H28F3N3O/c1-15-8-16(9-18(30)10-17-12-28(2)13-17)14-29(11-15)21-6-5-20(23(24,25)26)22-19(21)4-3-7-27-22/h3-7,15-17H,8-14H2,1-2H3/t15-,16-/m0/s1. The molecule has 0 radical (unpaired) electrons. The Labute approximate surface area is 175 Å². The first-order valence-electron chi connectivity index (χ1n) is 10.6. The number of ketones is 1. The van der Waals surface area contributed by atoms with Crippen LogP contribution in [0, 0.1) is 17.8 Å². The van der Waals surface area contributed by atoms with Crippen molar-refractivity contribution in [2.75, 3.05) is 38.1 Å². The van der Waals surface area contributed by atoms with Crippen molar-refractivity contribution in [2.24, 2.45) is 17.8 Å². The first-order valence-corrected chi connectivity index (χ1v) is 10.6. The molecule has 3 heterocycles. The van der Waals surface area contributed by atoms with Crippen molar-refractivity contribution in [3.63, 3.8) is 0 Å². The highest BCUT2D eigenvalue weighted by molar-refractivity contribution is 5.94. The highest BCUT2D eigenvalue weighted by Gasteiger charge is 2.35. The number of nitrogens with zero attached hydrogens (tertiary/aromatic N) is 3. The van der Waals surface area contributed by atoms with Gasteiger partial charge in [-0.25, -0.2) is 0 Å². The van der Waals surface area contributed by atoms with Crippen LogP contribution in [-0.2, 0) is 11.0 Å². The molecular formula is C23H28F3N3O. The van der Waals surface area contributed by atoms with E-state index in [9.17, 15) is 18.0 Å². The van der Waals surface area contributed by atoms with Gasteiger partial charge in [0.05, 0.1) is 11.1 Å². The van der Waals surface area contributed by atoms with E-state index in [4.69, 9.17) is 0 Å². The molecule has 7 heteroatoms. The van der Waals surface area contributed by atoms with Gasteiger partial charge in [-0.15, -0.1) is 0 Å². The number of likely N-dealkylation sites (tertiary alicyclic amines) is 1. The van der Waals surface area contributed by atoms with Crippen molar-refractivity contribution < 1.29 is 18.0 Å². The maximum atomic E-state index is 13.4. The molecule has 0 saturated carbocycles.